The van der Waals surface area contributed by atoms with Crippen LogP contribution in [0.4, 0.5) is 8.78 Å². The van der Waals surface area contributed by atoms with E-state index in [1.54, 1.807) is 19.2 Å². The summed E-state index contributed by atoms with van der Waals surface area (Å²) in [4.78, 5) is 4.03. The zero-order valence-corrected chi connectivity index (χ0v) is 9.86. The lowest BCUT2D eigenvalue weighted by Gasteiger charge is -2.21. The Kier molecular flexibility index (Phi) is 2.85. The average molecular weight is 213 g/mol. The first-order chi connectivity index (χ1) is 6.62. The summed E-state index contributed by atoms with van der Waals surface area (Å²) in [5.41, 5.74) is 1.11. The minimum atomic E-state index is -2.82. The van der Waals surface area contributed by atoms with E-state index in [0.29, 0.717) is 5.69 Å². The Balaban J connectivity index is 3.30. The molecule has 0 bridgehead atoms. The van der Waals surface area contributed by atoms with E-state index in [1.165, 1.54) is 0 Å². The van der Waals surface area contributed by atoms with Crippen LogP contribution in [0, 0.1) is 6.92 Å². The second-order valence-corrected chi connectivity index (χ2v) is 5.00. The predicted molar refractivity (Wildman–Crippen MR) is 57.2 cm³/mol. The van der Waals surface area contributed by atoms with E-state index < -0.39 is 5.92 Å². The molecule has 0 unspecified atom stereocenters. The maximum atomic E-state index is 13.2. The maximum Gasteiger partial charge on any atom is 0.272 e. The largest absolute Gasteiger partial charge is 0.272 e. The fourth-order valence-corrected chi connectivity index (χ4v) is 1.39. The zero-order chi connectivity index (χ0) is 11.9. The van der Waals surface area contributed by atoms with E-state index in [2.05, 4.69) is 4.98 Å². The van der Waals surface area contributed by atoms with E-state index in [4.69, 9.17) is 0 Å². The van der Waals surface area contributed by atoms with Crippen molar-refractivity contribution in [3.63, 3.8) is 0 Å². The molecule has 0 aliphatic rings. The molecule has 0 saturated carbocycles. The molecule has 0 amide bonds. The first-order valence-corrected chi connectivity index (χ1v) is 4.98. The molecule has 1 heterocycles. The van der Waals surface area contributed by atoms with Crippen molar-refractivity contribution in [2.24, 2.45) is 0 Å². The molecule has 0 aliphatic heterocycles. The molecular formula is C12H17F2N. The second-order valence-electron chi connectivity index (χ2n) is 5.00. The highest BCUT2D eigenvalue weighted by Gasteiger charge is 2.28. The molecule has 1 rings (SSSR count). The molecule has 84 valence electrons. The quantitative estimate of drug-likeness (QED) is 0.691. The van der Waals surface area contributed by atoms with Gasteiger partial charge in [-0.3, -0.25) is 4.98 Å². The van der Waals surface area contributed by atoms with E-state index in [-0.39, 0.29) is 11.0 Å². The van der Waals surface area contributed by atoms with Gasteiger partial charge in [-0.2, -0.15) is 0 Å². The summed E-state index contributed by atoms with van der Waals surface area (Å²) in [6, 6.07) is 1.56. The Morgan fingerprint density at radius 1 is 1.13 bits per heavy atom. The number of aromatic nitrogens is 1. The number of aryl methyl sites for hydroxylation is 1. The number of hydrogen-bond acceptors (Lipinski definition) is 1. The van der Waals surface area contributed by atoms with Crippen LogP contribution in [0.15, 0.2) is 12.3 Å². The molecule has 0 aliphatic carbocycles. The lowest BCUT2D eigenvalue weighted by molar-refractivity contribution is 0.0162. The van der Waals surface area contributed by atoms with Gasteiger partial charge in [-0.15, -0.1) is 0 Å². The topological polar surface area (TPSA) is 12.9 Å². The number of pyridine rings is 1. The molecule has 0 saturated heterocycles. The molecule has 1 nitrogen and oxygen atoms in total. The fourth-order valence-electron chi connectivity index (χ4n) is 1.39. The predicted octanol–water partition coefficient (Wildman–Crippen LogP) is 3.80. The van der Waals surface area contributed by atoms with Crippen LogP contribution in [0.2, 0.25) is 0 Å². The number of hydrogen-bond donors (Lipinski definition) is 0. The Labute approximate surface area is 89.5 Å². The van der Waals surface area contributed by atoms with Crippen molar-refractivity contribution in [1.29, 1.82) is 0 Å². The van der Waals surface area contributed by atoms with Crippen LogP contribution < -0.4 is 0 Å². The third kappa shape index (κ3) is 2.74. The van der Waals surface area contributed by atoms with Crippen LogP contribution in [0.1, 0.15) is 44.5 Å². The lowest BCUT2D eigenvalue weighted by Crippen LogP contribution is -2.16. The van der Waals surface area contributed by atoms with Crippen molar-refractivity contribution >= 4 is 0 Å². The second kappa shape index (κ2) is 3.54. The van der Waals surface area contributed by atoms with Crippen LogP contribution >= 0.6 is 0 Å². The highest BCUT2D eigenvalue weighted by Crippen LogP contribution is 2.32. The number of alkyl halides is 2. The number of halogens is 2. The molecule has 0 N–H and O–H groups in total. The van der Waals surface area contributed by atoms with E-state index in [1.807, 2.05) is 20.8 Å². The Morgan fingerprint density at radius 3 is 2.07 bits per heavy atom. The Bertz CT molecular complexity index is 359. The van der Waals surface area contributed by atoms with Crippen molar-refractivity contribution in [3.05, 3.63) is 29.1 Å². The van der Waals surface area contributed by atoms with Crippen molar-refractivity contribution in [2.75, 3.05) is 0 Å². The summed E-state index contributed by atoms with van der Waals surface area (Å²) >= 11 is 0. The van der Waals surface area contributed by atoms with Gasteiger partial charge in [-0.1, -0.05) is 20.8 Å². The number of rotatable bonds is 1. The van der Waals surface area contributed by atoms with Crippen molar-refractivity contribution in [3.8, 4) is 0 Å². The first kappa shape index (κ1) is 12.1. The summed E-state index contributed by atoms with van der Waals surface area (Å²) in [7, 11) is 0. The smallest absolute Gasteiger partial charge is 0.261 e. The van der Waals surface area contributed by atoms with Gasteiger partial charge in [0, 0.05) is 24.4 Å². The van der Waals surface area contributed by atoms with Crippen LogP contribution in [0.3, 0.4) is 0 Å². The molecular weight excluding hydrogens is 196 g/mol. The highest BCUT2D eigenvalue weighted by molar-refractivity contribution is 5.31. The third-order valence-corrected chi connectivity index (χ3v) is 2.43. The van der Waals surface area contributed by atoms with Gasteiger partial charge >= 0.3 is 0 Å². The minimum Gasteiger partial charge on any atom is -0.261 e. The van der Waals surface area contributed by atoms with E-state index in [0.717, 1.165) is 12.5 Å². The van der Waals surface area contributed by atoms with Gasteiger partial charge in [0.05, 0.1) is 0 Å². The summed E-state index contributed by atoms with van der Waals surface area (Å²) in [6.45, 7) is 8.47. The lowest BCUT2D eigenvalue weighted by atomic mass is 9.86. The standard InChI is InChI=1S/C12H17F2N/c1-8-10(12(5,13)14)6-9(7-15-8)11(2,3)4/h6-7H,1-5H3. The fraction of sp³-hybridized carbons (Fsp3) is 0.583. The van der Waals surface area contributed by atoms with Crippen molar-refractivity contribution in [2.45, 2.75) is 46.0 Å². The summed E-state index contributed by atoms with van der Waals surface area (Å²) in [5, 5.41) is 0. The van der Waals surface area contributed by atoms with Crippen molar-refractivity contribution in [1.82, 2.24) is 4.98 Å². The molecule has 0 spiro atoms. The molecule has 0 radical (unpaired) electrons. The highest BCUT2D eigenvalue weighted by atomic mass is 19.3. The molecule has 1 aromatic rings. The van der Waals surface area contributed by atoms with Gasteiger partial charge < -0.3 is 0 Å². The third-order valence-electron chi connectivity index (χ3n) is 2.43. The monoisotopic (exact) mass is 213 g/mol. The molecule has 0 atom stereocenters. The van der Waals surface area contributed by atoms with Crippen molar-refractivity contribution < 1.29 is 8.78 Å². The molecule has 15 heavy (non-hydrogen) atoms. The molecule has 1 aromatic heterocycles. The SMILES string of the molecule is Cc1ncc(C(C)(C)C)cc1C(C)(F)F. The van der Waals surface area contributed by atoms with E-state index >= 15 is 0 Å². The van der Waals surface area contributed by atoms with Crippen LogP contribution in [-0.2, 0) is 11.3 Å². The van der Waals surface area contributed by atoms with Crippen LogP contribution in [0.25, 0.3) is 0 Å². The van der Waals surface area contributed by atoms with Gasteiger partial charge in [-0.25, -0.2) is 8.78 Å². The molecule has 3 heteroatoms. The zero-order valence-electron chi connectivity index (χ0n) is 9.86. The van der Waals surface area contributed by atoms with Crippen LogP contribution in [-0.4, -0.2) is 4.98 Å². The van der Waals surface area contributed by atoms with E-state index in [9.17, 15) is 8.78 Å². The van der Waals surface area contributed by atoms with Gasteiger partial charge in [0.25, 0.3) is 5.92 Å². The molecule has 0 fully saturated rings. The van der Waals surface area contributed by atoms with Crippen LogP contribution in [0.5, 0.6) is 0 Å². The van der Waals surface area contributed by atoms with Gasteiger partial charge in [0.15, 0.2) is 0 Å². The Hall–Kier alpha value is -0.990. The summed E-state index contributed by atoms with van der Waals surface area (Å²) < 4.78 is 26.5. The number of nitrogens with zero attached hydrogens (tertiary/aromatic N) is 1. The van der Waals surface area contributed by atoms with Gasteiger partial charge in [0.1, 0.15) is 0 Å². The van der Waals surface area contributed by atoms with Gasteiger partial charge in [-0.05, 0) is 24.0 Å². The Morgan fingerprint density at radius 2 is 1.67 bits per heavy atom. The van der Waals surface area contributed by atoms with Gasteiger partial charge in [0.2, 0.25) is 0 Å². The maximum absolute atomic E-state index is 13.2. The minimum absolute atomic E-state index is 0.0231. The summed E-state index contributed by atoms with van der Waals surface area (Å²) in [6.07, 6.45) is 1.67. The average Bonchev–Trinajstić information content (AvgIpc) is 2.00. The summed E-state index contributed by atoms with van der Waals surface area (Å²) in [5.74, 6) is -2.82. The molecule has 0 aromatic carbocycles. The normalized spacial score (nSPS) is 13.0. The first-order valence-electron chi connectivity index (χ1n) is 4.98.